The van der Waals surface area contributed by atoms with E-state index in [9.17, 15) is 10.1 Å². The van der Waals surface area contributed by atoms with Crippen molar-refractivity contribution in [2.45, 2.75) is 5.75 Å². The number of hydrogen-bond donors (Lipinski definition) is 2. The molecule has 0 aromatic carbocycles. The van der Waals surface area contributed by atoms with Gasteiger partial charge in [0.05, 0.1) is 10.7 Å². The number of anilines is 1. The smallest absolute Gasteiger partial charge is 0.274 e. The van der Waals surface area contributed by atoms with Gasteiger partial charge < -0.3 is 20.0 Å². The number of nitro groups is 1. The highest BCUT2D eigenvalue weighted by molar-refractivity contribution is 7.98. The number of rotatable bonds is 9. The van der Waals surface area contributed by atoms with Crippen molar-refractivity contribution in [1.29, 1.82) is 0 Å². The third-order valence-electron chi connectivity index (χ3n) is 2.40. The van der Waals surface area contributed by atoms with Crippen LogP contribution in [0.2, 0.25) is 0 Å². The van der Waals surface area contributed by atoms with Gasteiger partial charge in [-0.25, -0.2) is 0 Å². The first-order valence-corrected chi connectivity index (χ1v) is 7.29. The Morgan fingerprint density at radius 3 is 2.85 bits per heavy atom. The van der Waals surface area contributed by atoms with Crippen LogP contribution in [0.25, 0.3) is 0 Å². The molecular formula is C12H20N4O3S. The molecule has 0 unspecified atom stereocenters. The minimum atomic E-state index is -0.488. The van der Waals surface area contributed by atoms with Gasteiger partial charge in [0, 0.05) is 39.5 Å². The van der Waals surface area contributed by atoms with E-state index in [1.54, 1.807) is 18.8 Å². The predicted octanol–water partition coefficient (Wildman–Crippen LogP) is 1.46. The number of thioether (sulfide) groups is 1. The molecule has 0 aliphatic heterocycles. The van der Waals surface area contributed by atoms with Crippen LogP contribution in [0.5, 0.6) is 0 Å². The topological polar surface area (TPSA) is 83.6 Å². The monoisotopic (exact) mass is 300 g/mol. The lowest BCUT2D eigenvalue weighted by Gasteiger charge is -2.08. The zero-order chi connectivity index (χ0) is 15.0. The largest absolute Gasteiger partial charge is 0.445 e. The maximum absolute atomic E-state index is 10.3. The second-order valence-electron chi connectivity index (χ2n) is 4.19. The molecule has 20 heavy (non-hydrogen) atoms. The molecule has 1 heterocycles. The number of nitrogens with one attached hydrogen (secondary N) is 2. The molecule has 0 saturated carbocycles. The van der Waals surface area contributed by atoms with E-state index in [1.807, 2.05) is 31.1 Å². The molecule has 0 spiro atoms. The Bertz CT molecular complexity index is 459. The van der Waals surface area contributed by atoms with Crippen LogP contribution in [0.15, 0.2) is 28.6 Å². The van der Waals surface area contributed by atoms with Gasteiger partial charge in [-0.3, -0.25) is 10.1 Å². The van der Waals surface area contributed by atoms with Crippen LogP contribution >= 0.6 is 11.8 Å². The highest BCUT2D eigenvalue weighted by Crippen LogP contribution is 2.19. The van der Waals surface area contributed by atoms with Crippen molar-refractivity contribution in [2.24, 2.45) is 0 Å². The second kappa shape index (κ2) is 8.36. The lowest BCUT2D eigenvalue weighted by molar-refractivity contribution is -0.404. The Balaban J connectivity index is 2.23. The molecule has 0 saturated heterocycles. The summed E-state index contributed by atoms with van der Waals surface area (Å²) < 4.78 is 5.62. The molecule has 1 aromatic heterocycles. The Morgan fingerprint density at radius 1 is 1.55 bits per heavy atom. The summed E-state index contributed by atoms with van der Waals surface area (Å²) in [6.07, 6.45) is 0.917. The lowest BCUT2D eigenvalue weighted by Crippen LogP contribution is -2.26. The van der Waals surface area contributed by atoms with Gasteiger partial charge in [-0.15, -0.1) is 0 Å². The SMILES string of the molecule is CN/C(=C/[N+](=O)[O-])NCCSCc1ccc(N(C)C)o1. The molecule has 0 amide bonds. The molecule has 2 N–H and O–H groups in total. The molecule has 0 aliphatic rings. The van der Waals surface area contributed by atoms with E-state index >= 15 is 0 Å². The molecular weight excluding hydrogens is 280 g/mol. The Hall–Kier alpha value is -1.83. The predicted molar refractivity (Wildman–Crippen MR) is 81.3 cm³/mol. The van der Waals surface area contributed by atoms with Gasteiger partial charge >= 0.3 is 0 Å². The van der Waals surface area contributed by atoms with E-state index in [4.69, 9.17) is 4.42 Å². The summed E-state index contributed by atoms with van der Waals surface area (Å²) >= 11 is 1.70. The van der Waals surface area contributed by atoms with Gasteiger partial charge in [-0.2, -0.15) is 11.8 Å². The molecule has 7 nitrogen and oxygen atoms in total. The van der Waals surface area contributed by atoms with Crippen LogP contribution in [0.3, 0.4) is 0 Å². The van der Waals surface area contributed by atoms with E-state index in [0.717, 1.165) is 29.4 Å². The summed E-state index contributed by atoms with van der Waals surface area (Å²) in [5.41, 5.74) is 0. The molecule has 0 radical (unpaired) electrons. The summed E-state index contributed by atoms with van der Waals surface area (Å²) in [6, 6.07) is 3.90. The lowest BCUT2D eigenvalue weighted by atomic mass is 10.5. The standard InChI is InChI=1S/C12H20N4O3S/c1-13-11(8-16(17)18)14-6-7-20-9-10-4-5-12(19-10)15(2)3/h4-5,8,13-14H,6-7,9H2,1-3H3/b11-8-. The van der Waals surface area contributed by atoms with Crippen molar-refractivity contribution in [3.63, 3.8) is 0 Å². The quantitative estimate of drug-likeness (QED) is 0.406. The molecule has 0 atom stereocenters. The summed E-state index contributed by atoms with van der Waals surface area (Å²) in [5.74, 6) is 3.78. The Kier molecular flexibility index (Phi) is 6.78. The maximum Gasteiger partial charge on any atom is 0.274 e. The normalized spacial score (nSPS) is 11.2. The fraction of sp³-hybridized carbons (Fsp3) is 0.500. The summed E-state index contributed by atoms with van der Waals surface area (Å²) in [5, 5.41) is 16.0. The highest BCUT2D eigenvalue weighted by atomic mass is 32.2. The van der Waals surface area contributed by atoms with E-state index in [-0.39, 0.29) is 0 Å². The fourth-order valence-corrected chi connectivity index (χ4v) is 2.17. The average Bonchev–Trinajstić information content (AvgIpc) is 2.85. The zero-order valence-electron chi connectivity index (χ0n) is 11.9. The van der Waals surface area contributed by atoms with Crippen molar-refractivity contribution in [3.8, 4) is 0 Å². The zero-order valence-corrected chi connectivity index (χ0v) is 12.7. The first-order chi connectivity index (χ1) is 9.52. The molecule has 8 heteroatoms. The molecule has 0 bridgehead atoms. The van der Waals surface area contributed by atoms with Crippen molar-refractivity contribution in [1.82, 2.24) is 10.6 Å². The van der Waals surface area contributed by atoms with Crippen molar-refractivity contribution < 1.29 is 9.34 Å². The first kappa shape index (κ1) is 16.2. The minimum Gasteiger partial charge on any atom is -0.445 e. The van der Waals surface area contributed by atoms with E-state index < -0.39 is 4.92 Å². The Morgan fingerprint density at radius 2 is 2.30 bits per heavy atom. The van der Waals surface area contributed by atoms with Gasteiger partial charge in [0.15, 0.2) is 11.7 Å². The van der Waals surface area contributed by atoms with Crippen molar-refractivity contribution in [2.75, 3.05) is 38.3 Å². The summed E-state index contributed by atoms with van der Waals surface area (Å²) in [4.78, 5) is 11.8. The van der Waals surface area contributed by atoms with E-state index in [0.29, 0.717) is 12.4 Å². The molecule has 1 aromatic rings. The van der Waals surface area contributed by atoms with Crippen LogP contribution in [0.1, 0.15) is 5.76 Å². The summed E-state index contributed by atoms with van der Waals surface area (Å²) in [6.45, 7) is 0.645. The molecule has 0 aliphatic carbocycles. The summed E-state index contributed by atoms with van der Waals surface area (Å²) in [7, 11) is 5.50. The van der Waals surface area contributed by atoms with Crippen LogP contribution in [-0.2, 0) is 5.75 Å². The highest BCUT2D eigenvalue weighted by Gasteiger charge is 2.04. The fourth-order valence-electron chi connectivity index (χ4n) is 1.42. The van der Waals surface area contributed by atoms with Crippen molar-refractivity contribution >= 4 is 17.6 Å². The number of nitrogens with zero attached hydrogens (tertiary/aromatic N) is 2. The van der Waals surface area contributed by atoms with Crippen LogP contribution in [0, 0.1) is 10.1 Å². The van der Waals surface area contributed by atoms with Gasteiger partial charge in [0.25, 0.3) is 6.20 Å². The van der Waals surface area contributed by atoms with Gasteiger partial charge in [-0.05, 0) is 6.07 Å². The third kappa shape index (κ3) is 5.87. The van der Waals surface area contributed by atoms with Crippen LogP contribution in [-0.4, -0.2) is 38.4 Å². The molecule has 1 rings (SSSR count). The molecule has 0 fully saturated rings. The minimum absolute atomic E-state index is 0.406. The van der Waals surface area contributed by atoms with Crippen molar-refractivity contribution in [3.05, 3.63) is 40.0 Å². The average molecular weight is 300 g/mol. The molecule has 112 valence electrons. The van der Waals surface area contributed by atoms with Crippen LogP contribution in [0.4, 0.5) is 5.88 Å². The van der Waals surface area contributed by atoms with E-state index in [1.165, 1.54) is 0 Å². The van der Waals surface area contributed by atoms with E-state index in [2.05, 4.69) is 10.6 Å². The third-order valence-corrected chi connectivity index (χ3v) is 3.38. The number of furan rings is 1. The maximum atomic E-state index is 10.3. The van der Waals surface area contributed by atoms with Crippen LogP contribution < -0.4 is 15.5 Å². The Labute approximate surface area is 122 Å². The first-order valence-electron chi connectivity index (χ1n) is 6.13. The van der Waals surface area contributed by atoms with Gasteiger partial charge in [0.1, 0.15) is 5.76 Å². The number of hydrogen-bond acceptors (Lipinski definition) is 7. The van der Waals surface area contributed by atoms with Gasteiger partial charge in [-0.1, -0.05) is 0 Å². The second-order valence-corrected chi connectivity index (χ2v) is 5.30. The van der Waals surface area contributed by atoms with Gasteiger partial charge in [0.2, 0.25) is 0 Å².